The van der Waals surface area contributed by atoms with Crippen molar-refractivity contribution in [2.24, 2.45) is 27.2 Å². The van der Waals surface area contributed by atoms with Crippen molar-refractivity contribution in [2.45, 2.75) is 26.4 Å². The summed E-state index contributed by atoms with van der Waals surface area (Å²) in [6.07, 6.45) is 1.15. The van der Waals surface area contributed by atoms with E-state index in [9.17, 15) is 4.79 Å². The highest BCUT2D eigenvalue weighted by molar-refractivity contribution is 6.00. The highest BCUT2D eigenvalue weighted by Gasteiger charge is 2.19. The number of hydrogen-bond acceptors (Lipinski definition) is 3. The maximum Gasteiger partial charge on any atom is 0.418 e. The third-order valence-corrected chi connectivity index (χ3v) is 2.78. The van der Waals surface area contributed by atoms with Crippen LogP contribution in [-0.2, 0) is 4.74 Å². The third kappa shape index (κ3) is 4.00. The molecule has 8 nitrogen and oxygen atoms in total. The highest BCUT2D eigenvalue weighted by atomic mass is 16.6. The van der Waals surface area contributed by atoms with Gasteiger partial charge in [0.15, 0.2) is 5.96 Å². The third-order valence-electron chi connectivity index (χ3n) is 2.78. The molecule has 8 heteroatoms. The summed E-state index contributed by atoms with van der Waals surface area (Å²) in [4.78, 5) is 20.1. The Hall–Kier alpha value is -3.03. The van der Waals surface area contributed by atoms with E-state index in [0.29, 0.717) is 11.2 Å². The predicted molar refractivity (Wildman–Crippen MR) is 90.7 cm³/mol. The zero-order valence-electron chi connectivity index (χ0n) is 13.3. The molecule has 6 N–H and O–H groups in total. The second-order valence-electron chi connectivity index (χ2n) is 5.88. The number of carbonyl (C=O) groups is 1. The Morgan fingerprint density at radius 1 is 1.17 bits per heavy atom. The van der Waals surface area contributed by atoms with Crippen molar-refractivity contribution in [3.05, 3.63) is 30.5 Å². The van der Waals surface area contributed by atoms with Crippen LogP contribution in [0.3, 0.4) is 0 Å². The molecular weight excluding hydrogens is 296 g/mol. The number of fused-ring (bicyclic) bond motifs is 1. The first-order valence-electron chi connectivity index (χ1n) is 6.94. The van der Waals surface area contributed by atoms with E-state index in [1.165, 1.54) is 4.57 Å². The van der Waals surface area contributed by atoms with Crippen LogP contribution in [0.2, 0.25) is 0 Å². The van der Waals surface area contributed by atoms with Crippen LogP contribution in [0, 0.1) is 0 Å². The van der Waals surface area contributed by atoms with Crippen molar-refractivity contribution in [1.29, 1.82) is 0 Å². The highest BCUT2D eigenvalue weighted by Crippen LogP contribution is 2.27. The monoisotopic (exact) mass is 316 g/mol. The number of carbonyl (C=O) groups excluding carboxylic acids is 1. The maximum atomic E-state index is 12.2. The van der Waals surface area contributed by atoms with Crippen molar-refractivity contribution >= 4 is 34.6 Å². The maximum absolute atomic E-state index is 12.2. The van der Waals surface area contributed by atoms with Gasteiger partial charge in [0, 0.05) is 11.6 Å². The average Bonchev–Trinajstić information content (AvgIpc) is 2.80. The fourth-order valence-electron chi connectivity index (χ4n) is 2.00. The van der Waals surface area contributed by atoms with Crippen LogP contribution in [0.5, 0.6) is 0 Å². The number of ether oxygens (including phenoxy) is 1. The molecule has 0 radical (unpaired) electrons. The van der Waals surface area contributed by atoms with Gasteiger partial charge in [-0.25, -0.2) is 9.79 Å². The van der Waals surface area contributed by atoms with Gasteiger partial charge in [0.05, 0.1) is 11.2 Å². The van der Waals surface area contributed by atoms with Crippen molar-refractivity contribution in [3.8, 4) is 0 Å². The Kier molecular flexibility index (Phi) is 4.26. The van der Waals surface area contributed by atoms with Gasteiger partial charge in [-0.15, -0.1) is 0 Å². The van der Waals surface area contributed by atoms with Gasteiger partial charge in [-0.1, -0.05) is 6.07 Å². The number of aliphatic imine (C=N–C) groups is 2. The van der Waals surface area contributed by atoms with E-state index < -0.39 is 11.7 Å². The van der Waals surface area contributed by atoms with Gasteiger partial charge < -0.3 is 21.9 Å². The van der Waals surface area contributed by atoms with Gasteiger partial charge in [-0.2, -0.15) is 4.99 Å². The van der Waals surface area contributed by atoms with Crippen molar-refractivity contribution in [2.75, 3.05) is 0 Å². The summed E-state index contributed by atoms with van der Waals surface area (Å²) in [6.45, 7) is 5.42. The molecule has 0 bridgehead atoms. The van der Waals surface area contributed by atoms with Crippen molar-refractivity contribution in [1.82, 2.24) is 4.57 Å². The number of nitrogens with zero attached hydrogens (tertiary/aromatic N) is 3. The average molecular weight is 316 g/mol. The fraction of sp³-hybridized carbons (Fsp3) is 0.267. The standard InChI is InChI=1S/C15H20N6O2/c1-15(2,3)23-14(22)21-8-7-9-10(5-4-6-11(9)21)19-13(18)20-12(16)17/h4-8H,1-3H3,(H6,16,17,18,19,20). The summed E-state index contributed by atoms with van der Waals surface area (Å²) in [5.41, 5.74) is 16.8. The fourth-order valence-corrected chi connectivity index (χ4v) is 2.00. The van der Waals surface area contributed by atoms with E-state index in [4.69, 9.17) is 21.9 Å². The Bertz CT molecular complexity index is 794. The lowest BCUT2D eigenvalue weighted by Crippen LogP contribution is -2.26. The number of nitrogens with two attached hydrogens (primary N) is 3. The summed E-state index contributed by atoms with van der Waals surface area (Å²) in [5, 5.41) is 0.729. The van der Waals surface area contributed by atoms with Crippen molar-refractivity contribution in [3.63, 3.8) is 0 Å². The van der Waals surface area contributed by atoms with Crippen LogP contribution in [0.1, 0.15) is 20.8 Å². The van der Waals surface area contributed by atoms with Crippen LogP contribution in [0.4, 0.5) is 10.5 Å². The Balaban J connectivity index is 2.46. The van der Waals surface area contributed by atoms with Crippen LogP contribution >= 0.6 is 0 Å². The van der Waals surface area contributed by atoms with Gasteiger partial charge in [0.2, 0.25) is 5.96 Å². The predicted octanol–water partition coefficient (Wildman–Crippen LogP) is 1.64. The molecular formula is C15H20N6O2. The van der Waals surface area contributed by atoms with Gasteiger partial charge >= 0.3 is 6.09 Å². The summed E-state index contributed by atoms with van der Waals surface area (Å²) in [7, 11) is 0. The second kappa shape index (κ2) is 5.99. The lowest BCUT2D eigenvalue weighted by molar-refractivity contribution is 0.0544. The number of rotatable bonds is 1. The number of benzene rings is 1. The normalized spacial score (nSPS) is 12.2. The van der Waals surface area contributed by atoms with E-state index in [1.54, 1.807) is 30.5 Å². The molecule has 23 heavy (non-hydrogen) atoms. The molecule has 0 aliphatic heterocycles. The largest absolute Gasteiger partial charge is 0.443 e. The molecule has 2 rings (SSSR count). The number of hydrogen-bond donors (Lipinski definition) is 3. The topological polar surface area (TPSA) is 134 Å². The number of guanidine groups is 2. The smallest absolute Gasteiger partial charge is 0.418 e. The molecule has 0 saturated carbocycles. The summed E-state index contributed by atoms with van der Waals surface area (Å²) in [6, 6.07) is 7.04. The van der Waals surface area contributed by atoms with Crippen molar-refractivity contribution < 1.29 is 9.53 Å². The SMILES string of the molecule is CC(C)(C)OC(=O)n1ccc2c(N=C(N)N=C(N)N)cccc21. The van der Waals surface area contributed by atoms with E-state index in [-0.39, 0.29) is 11.9 Å². The molecule has 1 heterocycles. The molecule has 1 aromatic carbocycles. The minimum Gasteiger partial charge on any atom is -0.443 e. The van der Waals surface area contributed by atoms with Crippen LogP contribution in [0.15, 0.2) is 40.4 Å². The molecule has 0 fully saturated rings. The van der Waals surface area contributed by atoms with E-state index in [2.05, 4.69) is 9.98 Å². The molecule has 1 aromatic heterocycles. The summed E-state index contributed by atoms with van der Waals surface area (Å²) < 4.78 is 6.79. The Morgan fingerprint density at radius 2 is 1.87 bits per heavy atom. The lowest BCUT2D eigenvalue weighted by Gasteiger charge is -2.19. The molecule has 0 atom stereocenters. The number of aromatic nitrogens is 1. The van der Waals surface area contributed by atoms with Gasteiger partial charge in [0.25, 0.3) is 0 Å². The first-order valence-corrected chi connectivity index (χ1v) is 6.94. The molecule has 122 valence electrons. The minimum absolute atomic E-state index is 0.0671. The Labute approximate surface area is 133 Å². The van der Waals surface area contributed by atoms with E-state index in [0.717, 1.165) is 5.39 Å². The molecule has 0 spiro atoms. The molecule has 2 aromatic rings. The molecule has 0 amide bonds. The first-order chi connectivity index (χ1) is 10.7. The molecule has 0 saturated heterocycles. The van der Waals surface area contributed by atoms with Gasteiger partial charge in [0.1, 0.15) is 5.60 Å². The first kappa shape index (κ1) is 16.3. The lowest BCUT2D eigenvalue weighted by atomic mass is 10.2. The molecule has 0 unspecified atom stereocenters. The minimum atomic E-state index is -0.582. The Morgan fingerprint density at radius 3 is 2.48 bits per heavy atom. The zero-order valence-corrected chi connectivity index (χ0v) is 13.3. The van der Waals surface area contributed by atoms with E-state index in [1.807, 2.05) is 20.8 Å². The van der Waals surface area contributed by atoms with Crippen LogP contribution in [0.25, 0.3) is 10.9 Å². The summed E-state index contributed by atoms with van der Waals surface area (Å²) >= 11 is 0. The quantitative estimate of drug-likeness (QED) is 0.543. The van der Waals surface area contributed by atoms with Gasteiger partial charge in [-0.3, -0.25) is 4.57 Å². The van der Waals surface area contributed by atoms with Gasteiger partial charge in [-0.05, 0) is 39.0 Å². The zero-order chi connectivity index (χ0) is 17.2. The second-order valence-corrected chi connectivity index (χ2v) is 5.88. The van der Waals surface area contributed by atoms with Crippen LogP contribution < -0.4 is 17.2 Å². The van der Waals surface area contributed by atoms with Crippen LogP contribution in [-0.4, -0.2) is 28.2 Å². The molecule has 0 aliphatic carbocycles. The summed E-state index contributed by atoms with van der Waals surface area (Å²) in [5.74, 6) is -0.243. The molecule has 0 aliphatic rings. The van der Waals surface area contributed by atoms with E-state index >= 15 is 0 Å².